The molecule has 19 heavy (non-hydrogen) atoms. The number of aryl methyl sites for hydroxylation is 1. The van der Waals surface area contributed by atoms with Gasteiger partial charge in [0.15, 0.2) is 0 Å². The first-order valence-electron chi connectivity index (χ1n) is 6.09. The summed E-state index contributed by atoms with van der Waals surface area (Å²) in [7, 11) is 0. The summed E-state index contributed by atoms with van der Waals surface area (Å²) in [5.74, 6) is 0.640. The van der Waals surface area contributed by atoms with Crippen LogP contribution in [0.2, 0.25) is 0 Å². The van der Waals surface area contributed by atoms with E-state index >= 15 is 0 Å². The van der Waals surface area contributed by atoms with Crippen LogP contribution in [0.1, 0.15) is 31.2 Å². The van der Waals surface area contributed by atoms with Gasteiger partial charge in [-0.3, -0.25) is 14.9 Å². The van der Waals surface area contributed by atoms with E-state index in [-0.39, 0.29) is 15.7 Å². The Morgan fingerprint density at radius 1 is 1.37 bits per heavy atom. The van der Waals surface area contributed by atoms with Crippen molar-refractivity contribution < 1.29 is 4.92 Å². The number of unbranched alkanes of at least 4 members (excludes halogenated alkanes) is 3. The standard InChI is InChI=1S/C12H16BrClN2O3/c1-9-10(16(18)19)8-15(12(17)11(9)13)7-5-3-2-4-6-14/h8H,2-7H2,1H3. The van der Waals surface area contributed by atoms with Crippen LogP contribution in [-0.4, -0.2) is 15.4 Å². The van der Waals surface area contributed by atoms with E-state index in [4.69, 9.17) is 11.6 Å². The van der Waals surface area contributed by atoms with Gasteiger partial charge in [0.25, 0.3) is 11.2 Å². The highest BCUT2D eigenvalue weighted by Gasteiger charge is 2.18. The lowest BCUT2D eigenvalue weighted by Crippen LogP contribution is -2.22. The van der Waals surface area contributed by atoms with E-state index in [2.05, 4.69) is 15.9 Å². The summed E-state index contributed by atoms with van der Waals surface area (Å²) >= 11 is 8.71. The molecule has 0 aromatic carbocycles. The maximum absolute atomic E-state index is 12.0. The summed E-state index contributed by atoms with van der Waals surface area (Å²) in [5.41, 5.74) is 0.112. The summed E-state index contributed by atoms with van der Waals surface area (Å²) in [6.45, 7) is 2.05. The van der Waals surface area contributed by atoms with Crippen molar-refractivity contribution in [1.82, 2.24) is 4.57 Å². The van der Waals surface area contributed by atoms with Crippen molar-refractivity contribution in [2.24, 2.45) is 0 Å². The average Bonchev–Trinajstić information content (AvgIpc) is 2.37. The van der Waals surface area contributed by atoms with Crippen LogP contribution in [-0.2, 0) is 6.54 Å². The summed E-state index contributed by atoms with van der Waals surface area (Å²) in [4.78, 5) is 22.4. The second-order valence-corrected chi connectivity index (χ2v) is 5.48. The molecule has 1 aromatic rings. The number of hydrogen-bond acceptors (Lipinski definition) is 3. The molecular weight excluding hydrogens is 336 g/mol. The number of aromatic nitrogens is 1. The van der Waals surface area contributed by atoms with E-state index in [0.29, 0.717) is 18.0 Å². The van der Waals surface area contributed by atoms with E-state index in [9.17, 15) is 14.9 Å². The Morgan fingerprint density at radius 3 is 2.58 bits per heavy atom. The third-order valence-corrected chi connectivity index (χ3v) is 4.12. The van der Waals surface area contributed by atoms with Crippen LogP contribution >= 0.6 is 27.5 Å². The van der Waals surface area contributed by atoms with Crippen molar-refractivity contribution in [2.45, 2.75) is 39.2 Å². The number of halogens is 2. The predicted molar refractivity (Wildman–Crippen MR) is 79.0 cm³/mol. The molecule has 0 atom stereocenters. The molecule has 106 valence electrons. The number of rotatable bonds is 7. The van der Waals surface area contributed by atoms with Gasteiger partial charge in [0.2, 0.25) is 0 Å². The van der Waals surface area contributed by atoms with Crippen molar-refractivity contribution in [3.63, 3.8) is 0 Å². The highest BCUT2D eigenvalue weighted by Crippen LogP contribution is 2.22. The first-order valence-corrected chi connectivity index (χ1v) is 7.41. The van der Waals surface area contributed by atoms with Crippen LogP contribution in [0, 0.1) is 17.0 Å². The number of alkyl halides is 1. The molecule has 0 fully saturated rings. The van der Waals surface area contributed by atoms with Crippen LogP contribution in [0.5, 0.6) is 0 Å². The Hall–Kier alpha value is -0.880. The molecule has 1 heterocycles. The smallest absolute Gasteiger partial charge is 0.289 e. The summed E-state index contributed by atoms with van der Waals surface area (Å²) in [5, 5.41) is 10.9. The molecule has 0 saturated heterocycles. The molecule has 0 radical (unpaired) electrons. The molecule has 7 heteroatoms. The van der Waals surface area contributed by atoms with Crippen LogP contribution < -0.4 is 5.56 Å². The minimum atomic E-state index is -0.469. The largest absolute Gasteiger partial charge is 0.308 e. The van der Waals surface area contributed by atoms with Gasteiger partial charge in [-0.15, -0.1) is 11.6 Å². The summed E-state index contributed by atoms with van der Waals surface area (Å²) in [6, 6.07) is 0. The van der Waals surface area contributed by atoms with Crippen molar-refractivity contribution in [1.29, 1.82) is 0 Å². The molecule has 1 aromatic heterocycles. The fourth-order valence-corrected chi connectivity index (χ4v) is 2.40. The normalized spacial score (nSPS) is 10.7. The molecular formula is C12H16BrClN2O3. The zero-order valence-corrected chi connectivity index (χ0v) is 13.0. The van der Waals surface area contributed by atoms with Crippen LogP contribution in [0.4, 0.5) is 5.69 Å². The Kier molecular flexibility index (Phi) is 6.51. The lowest BCUT2D eigenvalue weighted by molar-refractivity contribution is -0.386. The van der Waals surface area contributed by atoms with Crippen LogP contribution in [0.15, 0.2) is 15.5 Å². The van der Waals surface area contributed by atoms with Gasteiger partial charge in [0, 0.05) is 18.0 Å². The molecule has 0 N–H and O–H groups in total. The van der Waals surface area contributed by atoms with Gasteiger partial charge in [-0.2, -0.15) is 0 Å². The molecule has 5 nitrogen and oxygen atoms in total. The molecule has 1 rings (SSSR count). The lowest BCUT2D eigenvalue weighted by Gasteiger charge is -2.08. The van der Waals surface area contributed by atoms with Crippen molar-refractivity contribution in [2.75, 3.05) is 5.88 Å². The highest BCUT2D eigenvalue weighted by atomic mass is 79.9. The lowest BCUT2D eigenvalue weighted by atomic mass is 10.2. The molecule has 0 aliphatic rings. The van der Waals surface area contributed by atoms with E-state index in [0.717, 1.165) is 25.7 Å². The predicted octanol–water partition coefficient (Wildman–Crippen LogP) is 3.63. The molecule has 0 spiro atoms. The molecule has 0 unspecified atom stereocenters. The maximum Gasteiger partial charge on any atom is 0.289 e. The van der Waals surface area contributed by atoms with E-state index in [1.165, 1.54) is 10.8 Å². The maximum atomic E-state index is 12.0. The first-order chi connectivity index (χ1) is 8.99. The van der Waals surface area contributed by atoms with Gasteiger partial charge >= 0.3 is 0 Å². The third-order valence-electron chi connectivity index (χ3n) is 2.92. The second kappa shape index (κ2) is 7.65. The monoisotopic (exact) mass is 350 g/mol. The minimum absolute atomic E-state index is 0.0350. The second-order valence-electron chi connectivity index (χ2n) is 4.31. The van der Waals surface area contributed by atoms with Crippen LogP contribution in [0.3, 0.4) is 0 Å². The Morgan fingerprint density at radius 2 is 2.00 bits per heavy atom. The highest BCUT2D eigenvalue weighted by molar-refractivity contribution is 9.10. The number of pyridine rings is 1. The Bertz CT molecular complexity index is 516. The zero-order chi connectivity index (χ0) is 14.4. The number of nitrogens with zero attached hydrogens (tertiary/aromatic N) is 2. The van der Waals surface area contributed by atoms with Crippen molar-refractivity contribution in [3.05, 3.63) is 36.7 Å². The number of hydrogen-bond donors (Lipinski definition) is 0. The molecule has 0 saturated carbocycles. The van der Waals surface area contributed by atoms with Gasteiger partial charge in [-0.1, -0.05) is 12.8 Å². The molecule has 0 aliphatic carbocycles. The molecule has 0 amide bonds. The topological polar surface area (TPSA) is 65.1 Å². The summed E-state index contributed by atoms with van der Waals surface area (Å²) in [6.07, 6.45) is 5.05. The Labute approximate surface area is 124 Å². The van der Waals surface area contributed by atoms with Gasteiger partial charge in [-0.05, 0) is 35.7 Å². The fourth-order valence-electron chi connectivity index (χ4n) is 1.78. The molecule has 0 bridgehead atoms. The van der Waals surface area contributed by atoms with E-state index in [1.54, 1.807) is 6.92 Å². The fraction of sp³-hybridized carbons (Fsp3) is 0.583. The van der Waals surface area contributed by atoms with Gasteiger partial charge < -0.3 is 4.57 Å². The van der Waals surface area contributed by atoms with E-state index < -0.39 is 4.92 Å². The number of nitro groups is 1. The minimum Gasteiger partial charge on any atom is -0.308 e. The van der Waals surface area contributed by atoms with Gasteiger partial charge in [0.05, 0.1) is 15.6 Å². The molecule has 0 aliphatic heterocycles. The first kappa shape index (κ1) is 16.2. The van der Waals surface area contributed by atoms with E-state index in [1.807, 2.05) is 0 Å². The summed E-state index contributed by atoms with van der Waals surface area (Å²) < 4.78 is 1.66. The zero-order valence-electron chi connectivity index (χ0n) is 10.7. The third kappa shape index (κ3) is 4.31. The van der Waals surface area contributed by atoms with Gasteiger partial charge in [-0.25, -0.2) is 0 Å². The van der Waals surface area contributed by atoms with Gasteiger partial charge in [0.1, 0.15) is 0 Å². The van der Waals surface area contributed by atoms with Crippen molar-refractivity contribution >= 4 is 33.2 Å². The van der Waals surface area contributed by atoms with Crippen LogP contribution in [0.25, 0.3) is 0 Å². The Balaban J connectivity index is 2.84. The van der Waals surface area contributed by atoms with Crippen molar-refractivity contribution in [3.8, 4) is 0 Å². The average molecular weight is 352 g/mol. The quantitative estimate of drug-likeness (QED) is 0.326. The SMILES string of the molecule is Cc1c([N+](=O)[O-])cn(CCCCCCCl)c(=O)c1Br.